The first kappa shape index (κ1) is 17.0. The molecule has 0 heterocycles. The molecule has 0 saturated carbocycles. The number of allylic oxidation sites excluding steroid dienone is 2. The first-order valence-electron chi connectivity index (χ1n) is 6.89. The average molecular weight is 341 g/mol. The van der Waals surface area contributed by atoms with Gasteiger partial charge in [0.2, 0.25) is 0 Å². The van der Waals surface area contributed by atoms with E-state index in [0.717, 1.165) is 11.1 Å². The number of rotatable bonds is 4. The lowest BCUT2D eigenvalue weighted by molar-refractivity contribution is 0.422. The summed E-state index contributed by atoms with van der Waals surface area (Å²) in [4.78, 5) is 0. The molecule has 0 aliphatic rings. The summed E-state index contributed by atoms with van der Waals surface area (Å²) in [5.74, 6) is -0.736. The molecule has 0 saturated heterocycles. The zero-order valence-corrected chi connectivity index (χ0v) is 13.8. The van der Waals surface area contributed by atoms with Crippen molar-refractivity contribution in [1.29, 1.82) is 0 Å². The highest BCUT2D eigenvalue weighted by molar-refractivity contribution is 6.31. The van der Waals surface area contributed by atoms with Crippen LogP contribution in [0.4, 0.5) is 8.78 Å². The Hall–Kier alpha value is -1.38. The van der Waals surface area contributed by atoms with Crippen LogP contribution in [0.25, 0.3) is 0 Å². The SMILES string of the molecule is C/C=C(\F)C(C)(Cc1ccc(F)c(Cl)c1)c1ccc(Cl)cc1. The fourth-order valence-corrected chi connectivity index (χ4v) is 2.85. The van der Waals surface area contributed by atoms with Crippen LogP contribution in [0.15, 0.2) is 54.4 Å². The lowest BCUT2D eigenvalue weighted by Crippen LogP contribution is -2.26. The van der Waals surface area contributed by atoms with Crippen LogP contribution in [0.2, 0.25) is 10.0 Å². The van der Waals surface area contributed by atoms with Gasteiger partial charge in [0, 0.05) is 10.4 Å². The standard InChI is InChI=1S/C18H16Cl2F2/c1-3-17(22)18(2,13-5-7-14(19)8-6-13)11-12-4-9-16(21)15(20)10-12/h3-10H,11H2,1-2H3/b17-3-. The van der Waals surface area contributed by atoms with Gasteiger partial charge in [0.1, 0.15) is 11.6 Å². The molecule has 0 aromatic heterocycles. The van der Waals surface area contributed by atoms with Crippen molar-refractivity contribution in [3.8, 4) is 0 Å². The van der Waals surface area contributed by atoms with Crippen molar-refractivity contribution in [3.63, 3.8) is 0 Å². The molecule has 0 nitrogen and oxygen atoms in total. The predicted molar refractivity (Wildman–Crippen MR) is 88.8 cm³/mol. The summed E-state index contributed by atoms with van der Waals surface area (Å²) in [6, 6.07) is 11.5. The van der Waals surface area contributed by atoms with Gasteiger partial charge in [-0.3, -0.25) is 0 Å². The molecule has 0 N–H and O–H groups in total. The Morgan fingerprint density at radius 1 is 1.14 bits per heavy atom. The first-order valence-corrected chi connectivity index (χ1v) is 7.64. The Balaban J connectivity index is 2.45. The van der Waals surface area contributed by atoms with Crippen LogP contribution >= 0.6 is 23.2 Å². The topological polar surface area (TPSA) is 0 Å². The number of hydrogen-bond acceptors (Lipinski definition) is 0. The van der Waals surface area contributed by atoms with Gasteiger partial charge in [0.15, 0.2) is 0 Å². The van der Waals surface area contributed by atoms with E-state index in [1.54, 1.807) is 37.3 Å². The monoisotopic (exact) mass is 340 g/mol. The van der Waals surface area contributed by atoms with E-state index in [-0.39, 0.29) is 10.8 Å². The lowest BCUT2D eigenvalue weighted by Gasteiger charge is -2.29. The minimum absolute atomic E-state index is 0.0387. The van der Waals surface area contributed by atoms with Gasteiger partial charge in [-0.1, -0.05) is 47.5 Å². The molecule has 0 amide bonds. The Labute approximate surface area is 139 Å². The van der Waals surface area contributed by atoms with E-state index in [4.69, 9.17) is 23.2 Å². The van der Waals surface area contributed by atoms with Crippen LogP contribution in [0.3, 0.4) is 0 Å². The fraction of sp³-hybridized carbons (Fsp3) is 0.222. The van der Waals surface area contributed by atoms with Crippen LogP contribution in [0, 0.1) is 5.82 Å². The third kappa shape index (κ3) is 3.50. The normalized spacial score (nSPS) is 14.7. The van der Waals surface area contributed by atoms with Gasteiger partial charge in [0.05, 0.1) is 5.02 Å². The fourth-order valence-electron chi connectivity index (χ4n) is 2.52. The van der Waals surface area contributed by atoms with Crippen molar-refractivity contribution in [2.45, 2.75) is 25.7 Å². The van der Waals surface area contributed by atoms with Crippen LogP contribution in [0.1, 0.15) is 25.0 Å². The summed E-state index contributed by atoms with van der Waals surface area (Å²) < 4.78 is 27.8. The van der Waals surface area contributed by atoms with Crippen molar-refractivity contribution in [1.82, 2.24) is 0 Å². The Morgan fingerprint density at radius 2 is 1.77 bits per heavy atom. The molecular formula is C18H16Cl2F2. The lowest BCUT2D eigenvalue weighted by atomic mass is 9.76. The molecule has 4 heteroatoms. The molecule has 116 valence electrons. The molecule has 0 aliphatic carbocycles. The maximum absolute atomic E-state index is 14.6. The Bertz CT molecular complexity index is 693. The highest BCUT2D eigenvalue weighted by Gasteiger charge is 2.32. The minimum atomic E-state index is -0.861. The Morgan fingerprint density at radius 3 is 2.32 bits per heavy atom. The second-order valence-electron chi connectivity index (χ2n) is 5.40. The van der Waals surface area contributed by atoms with E-state index in [1.807, 2.05) is 6.92 Å². The van der Waals surface area contributed by atoms with Gasteiger partial charge in [-0.2, -0.15) is 0 Å². The molecule has 22 heavy (non-hydrogen) atoms. The molecule has 0 aliphatic heterocycles. The molecule has 0 radical (unpaired) electrons. The quantitative estimate of drug-likeness (QED) is 0.595. The van der Waals surface area contributed by atoms with Crippen molar-refractivity contribution >= 4 is 23.2 Å². The summed E-state index contributed by atoms with van der Waals surface area (Å²) in [7, 11) is 0. The summed E-state index contributed by atoms with van der Waals surface area (Å²) in [6.45, 7) is 3.46. The second-order valence-corrected chi connectivity index (χ2v) is 6.24. The zero-order chi connectivity index (χ0) is 16.3. The van der Waals surface area contributed by atoms with Gasteiger partial charge in [-0.25, -0.2) is 8.78 Å². The third-order valence-corrected chi connectivity index (χ3v) is 4.35. The molecule has 0 fully saturated rings. The van der Waals surface area contributed by atoms with Gasteiger partial charge in [-0.15, -0.1) is 0 Å². The number of benzene rings is 2. The molecule has 0 bridgehead atoms. The maximum Gasteiger partial charge on any atom is 0.141 e. The van der Waals surface area contributed by atoms with Crippen molar-refractivity contribution in [2.75, 3.05) is 0 Å². The highest BCUT2D eigenvalue weighted by Crippen LogP contribution is 2.37. The largest absolute Gasteiger partial charge is 0.211 e. The van der Waals surface area contributed by atoms with E-state index in [9.17, 15) is 8.78 Å². The third-order valence-electron chi connectivity index (χ3n) is 3.80. The summed E-state index contributed by atoms with van der Waals surface area (Å²) >= 11 is 11.7. The van der Waals surface area contributed by atoms with Crippen LogP contribution in [-0.4, -0.2) is 0 Å². The van der Waals surface area contributed by atoms with Crippen LogP contribution in [0.5, 0.6) is 0 Å². The van der Waals surface area contributed by atoms with Crippen molar-refractivity contribution in [3.05, 3.63) is 81.4 Å². The van der Waals surface area contributed by atoms with Crippen LogP contribution < -0.4 is 0 Å². The highest BCUT2D eigenvalue weighted by atomic mass is 35.5. The predicted octanol–water partition coefficient (Wildman–Crippen LogP) is 6.51. The molecule has 0 spiro atoms. The molecular weight excluding hydrogens is 325 g/mol. The molecule has 1 unspecified atom stereocenters. The molecule has 2 rings (SSSR count). The van der Waals surface area contributed by atoms with E-state index < -0.39 is 11.2 Å². The first-order chi connectivity index (χ1) is 10.4. The van der Waals surface area contributed by atoms with Crippen LogP contribution in [-0.2, 0) is 11.8 Å². The van der Waals surface area contributed by atoms with E-state index in [1.165, 1.54) is 18.2 Å². The Kier molecular flexibility index (Phi) is 5.25. The van der Waals surface area contributed by atoms with Gasteiger partial charge in [0.25, 0.3) is 0 Å². The van der Waals surface area contributed by atoms with Gasteiger partial charge < -0.3 is 0 Å². The summed E-state index contributed by atoms with van der Waals surface area (Å²) in [6.07, 6.45) is 1.81. The van der Waals surface area contributed by atoms with Crippen molar-refractivity contribution < 1.29 is 8.78 Å². The minimum Gasteiger partial charge on any atom is -0.211 e. The van der Waals surface area contributed by atoms with E-state index >= 15 is 0 Å². The maximum atomic E-state index is 14.6. The smallest absolute Gasteiger partial charge is 0.141 e. The molecule has 1 atom stereocenters. The average Bonchev–Trinajstić information content (AvgIpc) is 2.50. The molecule has 2 aromatic rings. The van der Waals surface area contributed by atoms with E-state index in [0.29, 0.717) is 11.4 Å². The van der Waals surface area contributed by atoms with E-state index in [2.05, 4.69) is 0 Å². The zero-order valence-electron chi connectivity index (χ0n) is 12.3. The number of hydrogen-bond donors (Lipinski definition) is 0. The van der Waals surface area contributed by atoms with Crippen molar-refractivity contribution in [2.24, 2.45) is 0 Å². The van der Waals surface area contributed by atoms with Gasteiger partial charge in [-0.05, 0) is 55.7 Å². The summed E-state index contributed by atoms with van der Waals surface area (Å²) in [5, 5.41) is 0.633. The van der Waals surface area contributed by atoms with Gasteiger partial charge >= 0.3 is 0 Å². The summed E-state index contributed by atoms with van der Waals surface area (Å²) in [5.41, 5.74) is 0.703. The second kappa shape index (κ2) is 6.80. The number of halogens is 4. The molecule has 2 aromatic carbocycles.